The molecule has 6 unspecified atom stereocenters. The van der Waals surface area contributed by atoms with E-state index in [1.54, 1.807) is 0 Å². The van der Waals surface area contributed by atoms with Crippen molar-refractivity contribution in [3.63, 3.8) is 0 Å². The maximum Gasteiger partial charge on any atom is 0.141 e. The summed E-state index contributed by atoms with van der Waals surface area (Å²) in [6.07, 6.45) is 9.71. The van der Waals surface area contributed by atoms with Crippen LogP contribution in [0, 0.1) is 28.6 Å². The second kappa shape index (κ2) is 8.11. The summed E-state index contributed by atoms with van der Waals surface area (Å²) in [7, 11) is 0. The van der Waals surface area contributed by atoms with Crippen molar-refractivity contribution in [1.82, 2.24) is 5.32 Å². The number of aliphatic hydroxyl groups is 1. The highest BCUT2D eigenvalue weighted by Gasteiger charge is 2.61. The zero-order valence-corrected chi connectivity index (χ0v) is 19.0. The van der Waals surface area contributed by atoms with E-state index in [4.69, 9.17) is 9.83 Å². The number of nitrogens with one attached hydrogen (secondary N) is 1. The van der Waals surface area contributed by atoms with Gasteiger partial charge in [0.05, 0.1) is 12.3 Å². The van der Waals surface area contributed by atoms with E-state index in [2.05, 4.69) is 30.4 Å². The Hall–Kier alpha value is -1.53. The quantitative estimate of drug-likeness (QED) is 0.675. The molecule has 6 heteroatoms. The van der Waals surface area contributed by atoms with Crippen LogP contribution in [0.25, 0.3) is 0 Å². The number of carbonyl (C=O) groups is 1. The molecule has 1 heterocycles. The van der Waals surface area contributed by atoms with E-state index in [1.807, 2.05) is 0 Å². The van der Waals surface area contributed by atoms with Gasteiger partial charge in [-0.1, -0.05) is 12.1 Å². The number of nitrogens with zero attached hydrogens (tertiary/aromatic N) is 2. The minimum atomic E-state index is -0.252. The van der Waals surface area contributed by atoms with Crippen molar-refractivity contribution in [3.05, 3.63) is 11.6 Å². The van der Waals surface area contributed by atoms with Crippen LogP contribution in [0.5, 0.6) is 0 Å². The molecule has 5 rings (SSSR count). The van der Waals surface area contributed by atoms with Gasteiger partial charge in [0.2, 0.25) is 0 Å². The van der Waals surface area contributed by atoms with Gasteiger partial charge in [-0.15, -0.1) is 0 Å². The van der Waals surface area contributed by atoms with E-state index >= 15 is 0 Å². The van der Waals surface area contributed by atoms with Gasteiger partial charge in [0.15, 0.2) is 0 Å². The van der Waals surface area contributed by atoms with E-state index in [0.717, 1.165) is 82.4 Å². The summed E-state index contributed by atoms with van der Waals surface area (Å²) < 4.78 is 0. The highest BCUT2D eigenvalue weighted by atomic mass is 16.6. The first-order chi connectivity index (χ1) is 15.0. The Kier molecular flexibility index (Phi) is 5.58. The number of aliphatic hydroxyl groups excluding tert-OH is 1. The fourth-order valence-electron chi connectivity index (χ4n) is 7.54. The minimum Gasteiger partial charge on any atom is -0.395 e. The molecule has 0 aromatic heterocycles. The molecule has 5 aliphatic rings. The lowest BCUT2D eigenvalue weighted by atomic mass is 9.46. The highest BCUT2D eigenvalue weighted by Crippen LogP contribution is 2.63. The molecule has 1 aliphatic heterocycles. The third kappa shape index (κ3) is 3.32. The van der Waals surface area contributed by atoms with Crippen LogP contribution >= 0.6 is 0 Å². The standard InChI is InChI=1S/C25H37N3O3/c1-3-27-22-13-18-19-4-5-23(30)24(19,2)9-7-20(18)25(15-29)10-6-16(12-21(22)25)28-31-17-8-11-26-14-17/h12,17-20,26,29H,3-11,13-15H2,1-2H3. The molecule has 4 fully saturated rings. The van der Waals surface area contributed by atoms with Gasteiger partial charge < -0.3 is 15.3 Å². The molecule has 1 saturated heterocycles. The fraction of sp³-hybridized carbons (Fsp3) is 0.800. The number of oxime groups is 1. The van der Waals surface area contributed by atoms with Crippen molar-refractivity contribution in [2.24, 2.45) is 38.7 Å². The summed E-state index contributed by atoms with van der Waals surface area (Å²) in [4.78, 5) is 23.5. The monoisotopic (exact) mass is 427 g/mol. The number of hydrogen-bond donors (Lipinski definition) is 2. The highest BCUT2D eigenvalue weighted by molar-refractivity contribution is 6.10. The molecule has 0 aromatic carbocycles. The minimum absolute atomic E-state index is 0.154. The zero-order chi connectivity index (χ0) is 21.6. The summed E-state index contributed by atoms with van der Waals surface area (Å²) in [6, 6.07) is 0. The fourth-order valence-corrected chi connectivity index (χ4v) is 7.54. The number of hydrogen-bond acceptors (Lipinski definition) is 6. The molecule has 4 aliphatic carbocycles. The number of ketones is 1. The van der Waals surface area contributed by atoms with Gasteiger partial charge in [0, 0.05) is 42.5 Å². The maximum atomic E-state index is 12.7. The van der Waals surface area contributed by atoms with Crippen LogP contribution in [0.4, 0.5) is 0 Å². The Labute approximate surface area is 185 Å². The lowest BCUT2D eigenvalue weighted by molar-refractivity contribution is -0.132. The SMILES string of the molecule is CCN=C1CC2C3CCC(=O)C3(C)CCC2C2(CO)CCC(=NOC3CCNC3)C=C12. The molecule has 0 bridgehead atoms. The van der Waals surface area contributed by atoms with Crippen molar-refractivity contribution in [1.29, 1.82) is 0 Å². The van der Waals surface area contributed by atoms with Crippen LogP contribution in [0.3, 0.4) is 0 Å². The van der Waals surface area contributed by atoms with Gasteiger partial charge in [0.25, 0.3) is 0 Å². The third-order valence-electron chi connectivity index (χ3n) is 9.24. The molecule has 0 aromatic rings. The van der Waals surface area contributed by atoms with Gasteiger partial charge in [-0.25, -0.2) is 0 Å². The first kappa shape index (κ1) is 21.3. The smallest absolute Gasteiger partial charge is 0.141 e. The molecule has 6 atom stereocenters. The second-order valence-corrected chi connectivity index (χ2v) is 10.6. The van der Waals surface area contributed by atoms with Crippen LogP contribution in [0.15, 0.2) is 21.8 Å². The van der Waals surface area contributed by atoms with Gasteiger partial charge in [0.1, 0.15) is 11.9 Å². The molecule has 0 amide bonds. The number of allylic oxidation sites excluding steroid dienone is 1. The van der Waals surface area contributed by atoms with Crippen molar-refractivity contribution < 1.29 is 14.7 Å². The summed E-state index contributed by atoms with van der Waals surface area (Å²) in [6.45, 7) is 7.03. The zero-order valence-electron chi connectivity index (χ0n) is 19.0. The van der Waals surface area contributed by atoms with E-state index in [0.29, 0.717) is 23.5 Å². The van der Waals surface area contributed by atoms with Gasteiger partial charge >= 0.3 is 0 Å². The first-order valence-electron chi connectivity index (χ1n) is 12.4. The lowest BCUT2D eigenvalue weighted by Gasteiger charge is -2.57. The van der Waals surface area contributed by atoms with Crippen LogP contribution in [0.1, 0.15) is 65.2 Å². The average Bonchev–Trinajstić information content (AvgIpc) is 3.40. The van der Waals surface area contributed by atoms with Gasteiger partial charge in [-0.3, -0.25) is 9.79 Å². The van der Waals surface area contributed by atoms with Crippen molar-refractivity contribution in [2.75, 3.05) is 26.2 Å². The van der Waals surface area contributed by atoms with Crippen LogP contribution < -0.4 is 5.32 Å². The maximum absolute atomic E-state index is 12.7. The Bertz CT molecular complexity index is 828. The summed E-state index contributed by atoms with van der Waals surface area (Å²) in [5.41, 5.74) is 2.89. The average molecular weight is 428 g/mol. The number of fused-ring (bicyclic) bond motifs is 5. The number of aliphatic imine (C=N–C) groups is 1. The van der Waals surface area contributed by atoms with Crippen LogP contribution in [-0.2, 0) is 9.63 Å². The van der Waals surface area contributed by atoms with Crippen molar-refractivity contribution >= 4 is 17.2 Å². The largest absolute Gasteiger partial charge is 0.395 e. The third-order valence-corrected chi connectivity index (χ3v) is 9.24. The second-order valence-electron chi connectivity index (χ2n) is 10.6. The van der Waals surface area contributed by atoms with E-state index in [1.165, 1.54) is 5.57 Å². The summed E-state index contributed by atoms with van der Waals surface area (Å²) in [5.74, 6) is 1.75. The lowest BCUT2D eigenvalue weighted by Crippen LogP contribution is -2.55. The van der Waals surface area contributed by atoms with E-state index < -0.39 is 0 Å². The predicted molar refractivity (Wildman–Crippen MR) is 121 cm³/mol. The molecule has 2 N–H and O–H groups in total. The number of Topliss-reactive ketones (excluding diaryl/α,β-unsaturated/α-hetero) is 1. The summed E-state index contributed by atoms with van der Waals surface area (Å²) in [5, 5.41) is 18.6. The molecule has 31 heavy (non-hydrogen) atoms. The van der Waals surface area contributed by atoms with Gasteiger partial charge in [-0.05, 0) is 81.4 Å². The van der Waals surface area contributed by atoms with Crippen molar-refractivity contribution in [2.45, 2.75) is 71.3 Å². The van der Waals surface area contributed by atoms with E-state index in [9.17, 15) is 9.90 Å². The Balaban J connectivity index is 1.49. The van der Waals surface area contributed by atoms with Crippen LogP contribution in [-0.4, -0.2) is 54.7 Å². The van der Waals surface area contributed by atoms with Crippen molar-refractivity contribution in [3.8, 4) is 0 Å². The molecule has 0 radical (unpaired) electrons. The van der Waals surface area contributed by atoms with Gasteiger partial charge in [-0.2, -0.15) is 0 Å². The molecule has 3 saturated carbocycles. The van der Waals surface area contributed by atoms with Crippen LogP contribution in [0.2, 0.25) is 0 Å². The number of carbonyl (C=O) groups excluding carboxylic acids is 1. The molecular formula is C25H37N3O3. The Morgan fingerprint density at radius 2 is 2.10 bits per heavy atom. The molecule has 0 spiro atoms. The molecular weight excluding hydrogens is 390 g/mol. The number of rotatable bonds is 4. The predicted octanol–water partition coefficient (Wildman–Crippen LogP) is 3.30. The van der Waals surface area contributed by atoms with E-state index in [-0.39, 0.29) is 23.5 Å². The first-order valence-corrected chi connectivity index (χ1v) is 12.4. The Morgan fingerprint density at radius 3 is 2.84 bits per heavy atom. The topological polar surface area (TPSA) is 83.3 Å². The Morgan fingerprint density at radius 1 is 1.23 bits per heavy atom. The normalized spacial score (nSPS) is 44.7. The molecule has 170 valence electrons. The summed E-state index contributed by atoms with van der Waals surface area (Å²) >= 11 is 0. The molecule has 6 nitrogen and oxygen atoms in total.